The van der Waals surface area contributed by atoms with Crippen LogP contribution in [0.5, 0.6) is 11.6 Å². The van der Waals surface area contributed by atoms with Gasteiger partial charge in [0.2, 0.25) is 17.7 Å². The van der Waals surface area contributed by atoms with Crippen molar-refractivity contribution >= 4 is 35.2 Å². The molecule has 1 N–H and O–H groups in total. The van der Waals surface area contributed by atoms with Gasteiger partial charge in [0.15, 0.2) is 0 Å². The quantitative estimate of drug-likeness (QED) is 0.368. The van der Waals surface area contributed by atoms with Crippen LogP contribution in [0, 0.1) is 0 Å². The number of benzene rings is 2. The maximum atomic E-state index is 13.0. The summed E-state index contributed by atoms with van der Waals surface area (Å²) < 4.78 is 44.8. The Morgan fingerprint density at radius 3 is 2.62 bits per heavy atom. The van der Waals surface area contributed by atoms with Gasteiger partial charge in [0.05, 0.1) is 10.6 Å². The molecule has 34 heavy (non-hydrogen) atoms. The third-order valence-electron chi connectivity index (χ3n) is 4.71. The van der Waals surface area contributed by atoms with Gasteiger partial charge in [-0.15, -0.1) is 0 Å². The van der Waals surface area contributed by atoms with E-state index in [1.54, 1.807) is 36.5 Å². The van der Waals surface area contributed by atoms with Crippen LogP contribution in [0.15, 0.2) is 60.8 Å². The van der Waals surface area contributed by atoms with Crippen LogP contribution in [-0.2, 0) is 11.0 Å². The highest BCUT2D eigenvalue weighted by molar-refractivity contribution is 6.31. The standard InChI is InChI=1S/C24H22ClF3N4O2/c1-3-32(4-2)23-29-13-12-22(31-23)34-18-7-5-6-16(14-18)8-11-21(33)30-17-9-10-20(25)19(15-17)24(26,27)28/h5-15H,3-4H2,1-2H3,(H,30,33). The van der Waals surface area contributed by atoms with E-state index in [4.69, 9.17) is 16.3 Å². The molecule has 3 rings (SSSR count). The van der Waals surface area contributed by atoms with E-state index in [1.807, 2.05) is 18.7 Å². The predicted molar refractivity (Wildman–Crippen MR) is 126 cm³/mol. The van der Waals surface area contributed by atoms with Gasteiger partial charge in [-0.25, -0.2) is 4.98 Å². The highest BCUT2D eigenvalue weighted by Gasteiger charge is 2.33. The summed E-state index contributed by atoms with van der Waals surface area (Å²) in [6.07, 6.45) is -0.275. The minimum atomic E-state index is -4.62. The summed E-state index contributed by atoms with van der Waals surface area (Å²) in [6, 6.07) is 11.8. The van der Waals surface area contributed by atoms with Gasteiger partial charge >= 0.3 is 6.18 Å². The topological polar surface area (TPSA) is 67.4 Å². The largest absolute Gasteiger partial charge is 0.439 e. The molecule has 0 unspecified atom stereocenters. The van der Waals surface area contributed by atoms with Crippen LogP contribution in [0.3, 0.4) is 0 Å². The van der Waals surface area contributed by atoms with Gasteiger partial charge < -0.3 is 15.0 Å². The number of aromatic nitrogens is 2. The number of nitrogens with zero attached hydrogens (tertiary/aromatic N) is 3. The molecule has 0 spiro atoms. The van der Waals surface area contributed by atoms with E-state index in [0.29, 0.717) is 23.1 Å². The number of alkyl halides is 3. The summed E-state index contributed by atoms with van der Waals surface area (Å²) >= 11 is 5.60. The molecule has 0 fully saturated rings. The van der Waals surface area contributed by atoms with Gasteiger partial charge in [-0.1, -0.05) is 23.7 Å². The number of rotatable bonds is 8. The third-order valence-corrected chi connectivity index (χ3v) is 5.04. The molecule has 6 nitrogen and oxygen atoms in total. The molecule has 0 radical (unpaired) electrons. The monoisotopic (exact) mass is 490 g/mol. The Balaban J connectivity index is 1.68. The molecule has 2 aromatic carbocycles. The molecule has 0 saturated carbocycles. The van der Waals surface area contributed by atoms with Gasteiger partial charge in [0.1, 0.15) is 5.75 Å². The molecule has 0 atom stereocenters. The van der Waals surface area contributed by atoms with Gasteiger partial charge in [0, 0.05) is 37.1 Å². The molecule has 0 aliphatic carbocycles. The minimum absolute atomic E-state index is 0.0174. The van der Waals surface area contributed by atoms with Crippen molar-refractivity contribution in [2.75, 3.05) is 23.3 Å². The number of amides is 1. The second-order valence-corrected chi connectivity index (χ2v) is 7.46. The van der Waals surface area contributed by atoms with E-state index in [2.05, 4.69) is 15.3 Å². The van der Waals surface area contributed by atoms with Crippen molar-refractivity contribution in [1.82, 2.24) is 9.97 Å². The molecule has 0 aliphatic heterocycles. The lowest BCUT2D eigenvalue weighted by Gasteiger charge is -2.18. The van der Waals surface area contributed by atoms with E-state index in [1.165, 1.54) is 18.2 Å². The average Bonchev–Trinajstić information content (AvgIpc) is 2.80. The first-order valence-corrected chi connectivity index (χ1v) is 10.8. The van der Waals surface area contributed by atoms with Gasteiger partial charge in [-0.2, -0.15) is 18.2 Å². The summed E-state index contributed by atoms with van der Waals surface area (Å²) in [4.78, 5) is 22.9. The van der Waals surface area contributed by atoms with Gasteiger partial charge in [-0.3, -0.25) is 4.79 Å². The maximum Gasteiger partial charge on any atom is 0.417 e. The lowest BCUT2D eigenvalue weighted by atomic mass is 10.2. The van der Waals surface area contributed by atoms with Crippen molar-refractivity contribution in [3.63, 3.8) is 0 Å². The average molecular weight is 491 g/mol. The minimum Gasteiger partial charge on any atom is -0.439 e. The second-order valence-electron chi connectivity index (χ2n) is 7.06. The summed E-state index contributed by atoms with van der Waals surface area (Å²) in [5.41, 5.74) is -0.386. The van der Waals surface area contributed by atoms with Crippen LogP contribution < -0.4 is 15.0 Å². The zero-order valence-electron chi connectivity index (χ0n) is 18.4. The zero-order valence-corrected chi connectivity index (χ0v) is 19.2. The molecular weight excluding hydrogens is 469 g/mol. The molecule has 0 aliphatic rings. The highest BCUT2D eigenvalue weighted by atomic mass is 35.5. The first kappa shape index (κ1) is 25.0. The first-order valence-electron chi connectivity index (χ1n) is 10.4. The normalized spacial score (nSPS) is 11.5. The van der Waals surface area contributed by atoms with E-state index >= 15 is 0 Å². The van der Waals surface area contributed by atoms with E-state index < -0.39 is 22.7 Å². The summed E-state index contributed by atoms with van der Waals surface area (Å²) in [7, 11) is 0. The van der Waals surface area contributed by atoms with Crippen LogP contribution in [0.4, 0.5) is 24.8 Å². The molecule has 3 aromatic rings. The van der Waals surface area contributed by atoms with Gasteiger partial charge in [-0.05, 0) is 55.8 Å². The number of halogens is 4. The van der Waals surface area contributed by atoms with Crippen LogP contribution >= 0.6 is 11.6 Å². The molecule has 1 heterocycles. The Labute approximate surface area is 200 Å². The van der Waals surface area contributed by atoms with Crippen molar-refractivity contribution in [3.8, 4) is 11.6 Å². The fourth-order valence-electron chi connectivity index (χ4n) is 3.03. The molecular formula is C24H22ClF3N4O2. The SMILES string of the molecule is CCN(CC)c1nccc(Oc2cccc(C=CC(=O)Nc3ccc(Cl)c(C(F)(F)F)c3)c2)n1. The molecule has 178 valence electrons. The number of nitrogens with one attached hydrogen (secondary N) is 1. The molecule has 1 amide bonds. The number of carbonyl (C=O) groups is 1. The van der Waals surface area contributed by atoms with Crippen LogP contribution in [0.25, 0.3) is 6.08 Å². The Bertz CT molecular complexity index is 1180. The third kappa shape index (κ3) is 6.71. The molecule has 10 heteroatoms. The lowest BCUT2D eigenvalue weighted by molar-refractivity contribution is -0.137. The lowest BCUT2D eigenvalue weighted by Crippen LogP contribution is -2.24. The van der Waals surface area contributed by atoms with E-state index in [0.717, 1.165) is 25.2 Å². The Morgan fingerprint density at radius 2 is 1.91 bits per heavy atom. The van der Waals surface area contributed by atoms with Crippen molar-refractivity contribution in [3.05, 3.63) is 77.0 Å². The Hall–Kier alpha value is -3.59. The summed E-state index contributed by atoms with van der Waals surface area (Å²) in [5, 5.41) is 1.96. The smallest absolute Gasteiger partial charge is 0.417 e. The van der Waals surface area contributed by atoms with Crippen LogP contribution in [0.2, 0.25) is 5.02 Å². The molecule has 0 bridgehead atoms. The summed E-state index contributed by atoms with van der Waals surface area (Å²) in [6.45, 7) is 5.54. The maximum absolute atomic E-state index is 13.0. The summed E-state index contributed by atoms with van der Waals surface area (Å²) in [5.74, 6) is 0.839. The number of ether oxygens (including phenoxy) is 1. The molecule has 1 aromatic heterocycles. The van der Waals surface area contributed by atoms with E-state index in [-0.39, 0.29) is 5.69 Å². The number of anilines is 2. The second kappa shape index (κ2) is 11.0. The van der Waals surface area contributed by atoms with Crippen molar-refractivity contribution in [1.29, 1.82) is 0 Å². The Morgan fingerprint density at radius 1 is 1.15 bits per heavy atom. The number of hydrogen-bond donors (Lipinski definition) is 1. The first-order chi connectivity index (χ1) is 16.2. The van der Waals surface area contributed by atoms with Gasteiger partial charge in [0.25, 0.3) is 0 Å². The van der Waals surface area contributed by atoms with Crippen molar-refractivity contribution < 1.29 is 22.7 Å². The zero-order chi connectivity index (χ0) is 24.7. The van der Waals surface area contributed by atoms with Crippen molar-refractivity contribution in [2.45, 2.75) is 20.0 Å². The highest BCUT2D eigenvalue weighted by Crippen LogP contribution is 2.36. The Kier molecular flexibility index (Phi) is 8.12. The number of hydrogen-bond acceptors (Lipinski definition) is 5. The number of carbonyl (C=O) groups excluding carboxylic acids is 1. The molecule has 0 saturated heterocycles. The fourth-order valence-corrected chi connectivity index (χ4v) is 3.25. The van der Waals surface area contributed by atoms with Crippen LogP contribution in [0.1, 0.15) is 25.0 Å². The fraction of sp³-hybridized carbons (Fsp3) is 0.208. The van der Waals surface area contributed by atoms with Crippen molar-refractivity contribution in [2.24, 2.45) is 0 Å². The predicted octanol–water partition coefficient (Wildman–Crippen LogP) is 6.44. The van der Waals surface area contributed by atoms with Crippen LogP contribution in [-0.4, -0.2) is 29.0 Å². The van der Waals surface area contributed by atoms with E-state index in [9.17, 15) is 18.0 Å².